The van der Waals surface area contributed by atoms with Crippen molar-refractivity contribution in [3.8, 4) is 0 Å². The Morgan fingerprint density at radius 3 is 2.27 bits per heavy atom. The van der Waals surface area contributed by atoms with Gasteiger partial charge in [0.1, 0.15) is 0 Å². The molecule has 2 N–H and O–H groups in total. The number of hydrogen-bond donors (Lipinski definition) is 1. The molecule has 1 rings (SSSR count). The van der Waals surface area contributed by atoms with Crippen molar-refractivity contribution in [2.45, 2.75) is 51.0 Å². The molecule has 1 aliphatic rings. The Morgan fingerprint density at radius 2 is 1.87 bits per heavy atom. The van der Waals surface area contributed by atoms with Crippen LogP contribution in [0.4, 0.5) is 8.78 Å². The molecule has 1 saturated carbocycles. The first-order valence-corrected chi connectivity index (χ1v) is 5.88. The van der Waals surface area contributed by atoms with Crippen LogP contribution in [0.25, 0.3) is 0 Å². The van der Waals surface area contributed by atoms with Crippen LogP contribution in [0.1, 0.15) is 39.0 Å². The first kappa shape index (κ1) is 12.8. The molecule has 0 heterocycles. The Balaban J connectivity index is 2.67. The zero-order chi connectivity index (χ0) is 11.3. The van der Waals surface area contributed by atoms with Crippen molar-refractivity contribution in [2.24, 2.45) is 5.73 Å². The average Bonchev–Trinajstić information content (AvgIpc) is 2.26. The van der Waals surface area contributed by atoms with E-state index in [9.17, 15) is 8.78 Å². The monoisotopic (exact) mass is 220 g/mol. The highest BCUT2D eigenvalue weighted by atomic mass is 19.3. The molecule has 0 aromatic heterocycles. The third-order valence-electron chi connectivity index (χ3n) is 3.58. The van der Waals surface area contributed by atoms with Gasteiger partial charge in [0, 0.05) is 12.1 Å². The van der Waals surface area contributed by atoms with Gasteiger partial charge in [-0.2, -0.15) is 0 Å². The van der Waals surface area contributed by atoms with Crippen LogP contribution in [-0.2, 0) is 0 Å². The molecule has 0 aliphatic heterocycles. The zero-order valence-corrected chi connectivity index (χ0v) is 9.51. The number of halogens is 2. The van der Waals surface area contributed by atoms with E-state index in [2.05, 4.69) is 0 Å². The molecule has 90 valence electrons. The van der Waals surface area contributed by atoms with E-state index in [0.29, 0.717) is 13.1 Å². The van der Waals surface area contributed by atoms with Crippen molar-refractivity contribution < 1.29 is 8.78 Å². The number of nitrogens with two attached hydrogens (primary N) is 1. The van der Waals surface area contributed by atoms with Gasteiger partial charge in [0.05, 0.1) is 6.54 Å². The van der Waals surface area contributed by atoms with Crippen LogP contribution in [0.5, 0.6) is 0 Å². The fourth-order valence-corrected chi connectivity index (χ4v) is 2.68. The lowest BCUT2D eigenvalue weighted by Gasteiger charge is -2.45. The maximum Gasteiger partial charge on any atom is 0.251 e. The number of nitrogens with zero attached hydrogens (tertiary/aromatic N) is 1. The first-order valence-electron chi connectivity index (χ1n) is 5.88. The summed E-state index contributed by atoms with van der Waals surface area (Å²) in [5.74, 6) is 0. The highest BCUT2D eigenvalue weighted by Gasteiger charge is 2.36. The minimum absolute atomic E-state index is 0.131. The summed E-state index contributed by atoms with van der Waals surface area (Å²) in [5.41, 5.74) is 5.65. The maximum atomic E-state index is 12.5. The largest absolute Gasteiger partial charge is 0.329 e. The molecule has 0 amide bonds. The molecule has 0 unspecified atom stereocenters. The molecule has 0 radical (unpaired) electrons. The standard InChI is InChI=1S/C11H22F2N2/c1-2-15(8-10(12)13)11(9-14)6-4-3-5-7-11/h10H,2-9,14H2,1H3. The third kappa shape index (κ3) is 3.11. The third-order valence-corrected chi connectivity index (χ3v) is 3.58. The van der Waals surface area contributed by atoms with Crippen LogP contribution in [0.2, 0.25) is 0 Å². The predicted octanol–water partition coefficient (Wildman–Crippen LogP) is 2.24. The zero-order valence-electron chi connectivity index (χ0n) is 9.51. The van der Waals surface area contributed by atoms with Crippen molar-refractivity contribution in [2.75, 3.05) is 19.6 Å². The van der Waals surface area contributed by atoms with Crippen molar-refractivity contribution in [1.29, 1.82) is 0 Å². The van der Waals surface area contributed by atoms with Crippen LogP contribution in [-0.4, -0.2) is 36.5 Å². The normalized spacial score (nSPS) is 21.2. The molecular weight excluding hydrogens is 198 g/mol. The van der Waals surface area contributed by atoms with Gasteiger partial charge in [-0.15, -0.1) is 0 Å². The summed E-state index contributed by atoms with van der Waals surface area (Å²) >= 11 is 0. The Kier molecular flexibility index (Phi) is 4.93. The molecule has 0 atom stereocenters. The summed E-state index contributed by atoms with van der Waals surface area (Å²) in [6.45, 7) is 2.98. The molecular formula is C11H22F2N2. The Bertz CT molecular complexity index is 179. The summed E-state index contributed by atoms with van der Waals surface area (Å²) < 4.78 is 24.9. The summed E-state index contributed by atoms with van der Waals surface area (Å²) in [7, 11) is 0. The van der Waals surface area contributed by atoms with E-state index < -0.39 is 6.43 Å². The highest BCUT2D eigenvalue weighted by Crippen LogP contribution is 2.33. The van der Waals surface area contributed by atoms with Crippen LogP contribution >= 0.6 is 0 Å². The molecule has 1 fully saturated rings. The lowest BCUT2D eigenvalue weighted by atomic mass is 9.80. The molecule has 4 heteroatoms. The SMILES string of the molecule is CCN(CC(F)F)C1(CN)CCCCC1. The molecule has 0 spiro atoms. The summed E-state index contributed by atoms with van der Waals surface area (Å²) in [6.07, 6.45) is 3.16. The van der Waals surface area contributed by atoms with Gasteiger partial charge in [0.2, 0.25) is 0 Å². The van der Waals surface area contributed by atoms with Gasteiger partial charge in [-0.25, -0.2) is 8.78 Å². The van der Waals surface area contributed by atoms with Crippen molar-refractivity contribution in [3.05, 3.63) is 0 Å². The minimum Gasteiger partial charge on any atom is -0.329 e. The number of likely N-dealkylation sites (N-methyl/N-ethyl adjacent to an activating group) is 1. The quantitative estimate of drug-likeness (QED) is 0.770. The van der Waals surface area contributed by atoms with Gasteiger partial charge in [0.25, 0.3) is 6.43 Å². The second-order valence-electron chi connectivity index (χ2n) is 4.42. The Morgan fingerprint density at radius 1 is 1.27 bits per heavy atom. The van der Waals surface area contributed by atoms with Crippen LogP contribution < -0.4 is 5.73 Å². The highest BCUT2D eigenvalue weighted by molar-refractivity contribution is 4.93. The summed E-state index contributed by atoms with van der Waals surface area (Å²) in [5, 5.41) is 0. The molecule has 0 aromatic carbocycles. The maximum absolute atomic E-state index is 12.5. The van der Waals surface area contributed by atoms with Gasteiger partial charge in [-0.1, -0.05) is 26.2 Å². The van der Waals surface area contributed by atoms with Crippen LogP contribution in [0.3, 0.4) is 0 Å². The molecule has 0 aromatic rings. The van der Waals surface area contributed by atoms with E-state index in [0.717, 1.165) is 25.7 Å². The minimum atomic E-state index is -2.25. The average molecular weight is 220 g/mol. The molecule has 2 nitrogen and oxygen atoms in total. The molecule has 0 saturated heterocycles. The second kappa shape index (κ2) is 5.75. The molecule has 1 aliphatic carbocycles. The molecule has 15 heavy (non-hydrogen) atoms. The number of hydrogen-bond acceptors (Lipinski definition) is 2. The lowest BCUT2D eigenvalue weighted by molar-refractivity contribution is 0.00606. The fourth-order valence-electron chi connectivity index (χ4n) is 2.68. The van der Waals surface area contributed by atoms with E-state index in [1.807, 2.05) is 11.8 Å². The van der Waals surface area contributed by atoms with E-state index >= 15 is 0 Å². The van der Waals surface area contributed by atoms with E-state index in [1.165, 1.54) is 6.42 Å². The smallest absolute Gasteiger partial charge is 0.251 e. The topological polar surface area (TPSA) is 29.3 Å². The van der Waals surface area contributed by atoms with Crippen molar-refractivity contribution >= 4 is 0 Å². The molecule has 0 bridgehead atoms. The fraction of sp³-hybridized carbons (Fsp3) is 1.00. The number of alkyl halides is 2. The Hall–Kier alpha value is -0.220. The van der Waals surface area contributed by atoms with Gasteiger partial charge in [-0.05, 0) is 19.4 Å². The van der Waals surface area contributed by atoms with E-state index in [-0.39, 0.29) is 12.1 Å². The summed E-state index contributed by atoms with van der Waals surface area (Å²) in [6, 6.07) is 0. The van der Waals surface area contributed by atoms with Crippen molar-refractivity contribution in [3.63, 3.8) is 0 Å². The lowest BCUT2D eigenvalue weighted by Crippen LogP contribution is -2.56. The van der Waals surface area contributed by atoms with E-state index in [4.69, 9.17) is 5.73 Å². The van der Waals surface area contributed by atoms with Crippen LogP contribution in [0.15, 0.2) is 0 Å². The first-order chi connectivity index (χ1) is 7.14. The number of rotatable bonds is 5. The van der Waals surface area contributed by atoms with E-state index in [1.54, 1.807) is 0 Å². The van der Waals surface area contributed by atoms with Gasteiger partial charge >= 0.3 is 0 Å². The van der Waals surface area contributed by atoms with Gasteiger partial charge < -0.3 is 5.73 Å². The van der Waals surface area contributed by atoms with Gasteiger partial charge in [0.15, 0.2) is 0 Å². The predicted molar refractivity (Wildman–Crippen MR) is 58.1 cm³/mol. The van der Waals surface area contributed by atoms with Gasteiger partial charge in [-0.3, -0.25) is 4.90 Å². The van der Waals surface area contributed by atoms with Crippen LogP contribution in [0, 0.1) is 0 Å². The summed E-state index contributed by atoms with van der Waals surface area (Å²) in [4.78, 5) is 1.89. The van der Waals surface area contributed by atoms with Crippen molar-refractivity contribution in [1.82, 2.24) is 4.90 Å². The second-order valence-corrected chi connectivity index (χ2v) is 4.42. The Labute approximate surface area is 90.8 Å².